The number of benzene rings is 1. The van der Waals surface area contributed by atoms with Crippen LogP contribution in [0.2, 0.25) is 0 Å². The summed E-state index contributed by atoms with van der Waals surface area (Å²) in [7, 11) is 0. The molecule has 1 heterocycles. The van der Waals surface area contributed by atoms with Gasteiger partial charge in [-0.1, -0.05) is 0 Å². The average molecular weight is 287 g/mol. The van der Waals surface area contributed by atoms with Gasteiger partial charge in [0, 0.05) is 23.6 Å². The SMILES string of the molecule is CCOc1cc2c(cc1/C=C/C(=O)OCC#N)O[C@@H](C)C2. The molecule has 0 radical (unpaired) electrons. The second-order valence-corrected chi connectivity index (χ2v) is 4.66. The zero-order chi connectivity index (χ0) is 15.2. The molecule has 0 saturated carbocycles. The largest absolute Gasteiger partial charge is 0.493 e. The third-order valence-corrected chi connectivity index (χ3v) is 3.01. The van der Waals surface area contributed by atoms with E-state index in [4.69, 9.17) is 14.7 Å². The van der Waals surface area contributed by atoms with Crippen LogP contribution in [0.4, 0.5) is 0 Å². The first-order chi connectivity index (χ1) is 10.1. The van der Waals surface area contributed by atoms with E-state index < -0.39 is 5.97 Å². The summed E-state index contributed by atoms with van der Waals surface area (Å²) >= 11 is 0. The van der Waals surface area contributed by atoms with Crippen molar-refractivity contribution < 1.29 is 19.0 Å². The molecule has 1 aliphatic heterocycles. The second-order valence-electron chi connectivity index (χ2n) is 4.66. The van der Waals surface area contributed by atoms with Crippen molar-refractivity contribution in [3.05, 3.63) is 29.3 Å². The third-order valence-electron chi connectivity index (χ3n) is 3.01. The molecular formula is C16H17NO4. The van der Waals surface area contributed by atoms with E-state index in [2.05, 4.69) is 4.74 Å². The van der Waals surface area contributed by atoms with E-state index >= 15 is 0 Å². The van der Waals surface area contributed by atoms with Crippen LogP contribution in [0.25, 0.3) is 6.08 Å². The summed E-state index contributed by atoms with van der Waals surface area (Å²) < 4.78 is 16.0. The van der Waals surface area contributed by atoms with Gasteiger partial charge in [0.15, 0.2) is 6.61 Å². The molecule has 0 unspecified atom stereocenters. The van der Waals surface area contributed by atoms with Crippen LogP contribution in [0.3, 0.4) is 0 Å². The fourth-order valence-electron chi connectivity index (χ4n) is 2.18. The monoisotopic (exact) mass is 287 g/mol. The minimum absolute atomic E-state index is 0.147. The lowest BCUT2D eigenvalue weighted by atomic mass is 10.1. The number of nitriles is 1. The van der Waals surface area contributed by atoms with Crippen LogP contribution >= 0.6 is 0 Å². The molecule has 0 amide bonds. The number of ether oxygens (including phenoxy) is 3. The van der Waals surface area contributed by atoms with Crippen molar-refractivity contribution in [3.8, 4) is 17.6 Å². The van der Waals surface area contributed by atoms with Crippen molar-refractivity contribution in [2.75, 3.05) is 13.2 Å². The van der Waals surface area contributed by atoms with Crippen LogP contribution in [0.1, 0.15) is 25.0 Å². The maximum Gasteiger partial charge on any atom is 0.331 e. The van der Waals surface area contributed by atoms with Crippen molar-refractivity contribution >= 4 is 12.0 Å². The van der Waals surface area contributed by atoms with E-state index in [1.54, 1.807) is 12.1 Å². The molecule has 1 aromatic carbocycles. The maximum atomic E-state index is 11.4. The molecule has 0 spiro atoms. The predicted molar refractivity (Wildman–Crippen MR) is 77.0 cm³/mol. The summed E-state index contributed by atoms with van der Waals surface area (Å²) in [6.07, 6.45) is 3.88. The predicted octanol–water partition coefficient (Wildman–Crippen LogP) is 2.49. The lowest BCUT2D eigenvalue weighted by molar-refractivity contribution is -0.136. The van der Waals surface area contributed by atoms with Crippen LogP contribution in [-0.4, -0.2) is 25.3 Å². The van der Waals surface area contributed by atoms with E-state index in [-0.39, 0.29) is 12.7 Å². The Morgan fingerprint density at radius 2 is 2.38 bits per heavy atom. The summed E-state index contributed by atoms with van der Waals surface area (Å²) in [6, 6.07) is 5.55. The number of carbonyl (C=O) groups excluding carboxylic acids is 1. The minimum Gasteiger partial charge on any atom is -0.493 e. The first-order valence-corrected chi connectivity index (χ1v) is 6.82. The molecule has 2 rings (SSSR count). The van der Waals surface area contributed by atoms with Crippen molar-refractivity contribution in [2.24, 2.45) is 0 Å². The molecule has 0 aliphatic carbocycles. The summed E-state index contributed by atoms with van der Waals surface area (Å²) in [4.78, 5) is 11.4. The molecule has 5 nitrogen and oxygen atoms in total. The van der Waals surface area contributed by atoms with E-state index in [0.29, 0.717) is 12.4 Å². The van der Waals surface area contributed by atoms with E-state index in [9.17, 15) is 4.79 Å². The number of rotatable bonds is 5. The van der Waals surface area contributed by atoms with Crippen LogP contribution in [-0.2, 0) is 16.0 Å². The standard InChI is InChI=1S/C16H17NO4/c1-3-19-14-10-13-8-11(2)21-15(13)9-12(14)4-5-16(18)20-7-6-17/h4-5,9-11H,3,7-8H2,1-2H3/b5-4+/t11-/m0/s1. The maximum absolute atomic E-state index is 11.4. The van der Waals surface area contributed by atoms with E-state index in [1.165, 1.54) is 6.08 Å². The Morgan fingerprint density at radius 1 is 1.57 bits per heavy atom. The van der Waals surface area contributed by atoms with Crippen molar-refractivity contribution in [3.63, 3.8) is 0 Å². The molecule has 21 heavy (non-hydrogen) atoms. The van der Waals surface area contributed by atoms with Crippen molar-refractivity contribution in [1.82, 2.24) is 0 Å². The first kappa shape index (κ1) is 14.9. The highest BCUT2D eigenvalue weighted by Gasteiger charge is 2.21. The van der Waals surface area contributed by atoms with Gasteiger partial charge in [-0.15, -0.1) is 0 Å². The van der Waals surface area contributed by atoms with Crippen LogP contribution in [0.5, 0.6) is 11.5 Å². The molecule has 0 aromatic heterocycles. The number of esters is 1. The Bertz CT molecular complexity index is 601. The summed E-state index contributed by atoms with van der Waals surface area (Å²) in [5.74, 6) is 0.961. The zero-order valence-corrected chi connectivity index (χ0v) is 12.1. The summed E-state index contributed by atoms with van der Waals surface area (Å²) in [5, 5.41) is 8.36. The Hall–Kier alpha value is -2.48. The quantitative estimate of drug-likeness (QED) is 0.614. The van der Waals surface area contributed by atoms with Crippen LogP contribution in [0.15, 0.2) is 18.2 Å². The molecule has 1 aromatic rings. The smallest absolute Gasteiger partial charge is 0.331 e. The molecular weight excluding hydrogens is 270 g/mol. The van der Waals surface area contributed by atoms with Gasteiger partial charge in [0.25, 0.3) is 0 Å². The molecule has 0 saturated heterocycles. The third kappa shape index (κ3) is 3.76. The Morgan fingerprint density at radius 3 is 3.10 bits per heavy atom. The van der Waals surface area contributed by atoms with E-state index in [1.807, 2.05) is 26.0 Å². The molecule has 1 aliphatic rings. The fraction of sp³-hybridized carbons (Fsp3) is 0.375. The van der Waals surface area contributed by atoms with Gasteiger partial charge < -0.3 is 14.2 Å². The fourth-order valence-corrected chi connectivity index (χ4v) is 2.18. The molecule has 1 atom stereocenters. The highest BCUT2D eigenvalue weighted by molar-refractivity contribution is 5.87. The highest BCUT2D eigenvalue weighted by Crippen LogP contribution is 2.35. The van der Waals surface area contributed by atoms with Gasteiger partial charge in [-0.05, 0) is 32.1 Å². The topological polar surface area (TPSA) is 68.5 Å². The Kier molecular flexibility index (Phi) is 4.83. The van der Waals surface area contributed by atoms with Crippen molar-refractivity contribution in [1.29, 1.82) is 5.26 Å². The Labute approximate surface area is 123 Å². The minimum atomic E-state index is -0.561. The Balaban J connectivity index is 2.22. The van der Waals surface area contributed by atoms with Gasteiger partial charge in [0.05, 0.1) is 6.61 Å². The molecule has 0 N–H and O–H groups in total. The second kappa shape index (κ2) is 6.80. The van der Waals surface area contributed by atoms with Crippen LogP contribution < -0.4 is 9.47 Å². The number of hydrogen-bond acceptors (Lipinski definition) is 5. The van der Waals surface area contributed by atoms with E-state index in [0.717, 1.165) is 23.3 Å². The summed E-state index contributed by atoms with van der Waals surface area (Å²) in [5.41, 5.74) is 1.86. The lowest BCUT2D eigenvalue weighted by Crippen LogP contribution is -2.05. The highest BCUT2D eigenvalue weighted by atomic mass is 16.5. The zero-order valence-electron chi connectivity index (χ0n) is 12.1. The number of carbonyl (C=O) groups is 1. The molecule has 110 valence electrons. The molecule has 0 fully saturated rings. The van der Waals surface area contributed by atoms with Gasteiger partial charge in [-0.2, -0.15) is 5.26 Å². The normalized spacial score (nSPS) is 16.1. The van der Waals surface area contributed by atoms with Crippen LogP contribution in [0, 0.1) is 11.3 Å². The number of nitrogens with zero attached hydrogens (tertiary/aromatic N) is 1. The molecule has 5 heteroatoms. The number of fused-ring (bicyclic) bond motifs is 1. The van der Waals surface area contributed by atoms with Gasteiger partial charge in [-0.25, -0.2) is 4.79 Å². The lowest BCUT2D eigenvalue weighted by Gasteiger charge is -2.09. The molecule has 0 bridgehead atoms. The van der Waals surface area contributed by atoms with Gasteiger partial charge in [-0.3, -0.25) is 0 Å². The first-order valence-electron chi connectivity index (χ1n) is 6.82. The van der Waals surface area contributed by atoms with Crippen molar-refractivity contribution in [2.45, 2.75) is 26.4 Å². The number of hydrogen-bond donors (Lipinski definition) is 0. The summed E-state index contributed by atoms with van der Waals surface area (Å²) in [6.45, 7) is 4.19. The van der Waals surface area contributed by atoms with Gasteiger partial charge >= 0.3 is 5.97 Å². The van der Waals surface area contributed by atoms with Gasteiger partial charge in [0.2, 0.25) is 0 Å². The average Bonchev–Trinajstić information content (AvgIpc) is 2.82. The van der Waals surface area contributed by atoms with Gasteiger partial charge in [0.1, 0.15) is 23.7 Å².